The fourth-order valence-corrected chi connectivity index (χ4v) is 3.19. The van der Waals surface area contributed by atoms with Crippen molar-refractivity contribution in [3.05, 3.63) is 46.5 Å². The fraction of sp³-hybridized carbons (Fsp3) is 0.471. The summed E-state index contributed by atoms with van der Waals surface area (Å²) in [5.41, 5.74) is 1.11. The molecule has 3 rings (SSSR count). The van der Waals surface area contributed by atoms with Crippen molar-refractivity contribution in [3.8, 4) is 0 Å². The third kappa shape index (κ3) is 3.44. The number of hydrogen-bond acceptors (Lipinski definition) is 4. The summed E-state index contributed by atoms with van der Waals surface area (Å²) < 4.78 is 7.20. The number of halogens is 1. The van der Waals surface area contributed by atoms with Crippen LogP contribution in [0.1, 0.15) is 36.6 Å². The van der Waals surface area contributed by atoms with Crippen LogP contribution in [0, 0.1) is 0 Å². The maximum absolute atomic E-state index is 12.6. The number of methoxy groups -OCH3 is 1. The summed E-state index contributed by atoms with van der Waals surface area (Å²) in [6.45, 7) is 3.81. The molecule has 0 unspecified atom stereocenters. The lowest BCUT2D eigenvalue weighted by molar-refractivity contribution is -0.134. The van der Waals surface area contributed by atoms with Crippen LogP contribution in [-0.4, -0.2) is 39.2 Å². The van der Waals surface area contributed by atoms with E-state index in [4.69, 9.17) is 16.3 Å². The predicted octanol–water partition coefficient (Wildman–Crippen LogP) is 2.61. The highest BCUT2D eigenvalue weighted by Gasteiger charge is 2.30. The van der Waals surface area contributed by atoms with Crippen LogP contribution in [0.2, 0.25) is 5.02 Å². The summed E-state index contributed by atoms with van der Waals surface area (Å²) in [4.78, 5) is 14.5. The van der Waals surface area contributed by atoms with E-state index in [2.05, 4.69) is 14.8 Å². The first-order chi connectivity index (χ1) is 11.6. The topological polar surface area (TPSA) is 60.3 Å². The second kappa shape index (κ2) is 7.32. The quantitative estimate of drug-likeness (QED) is 0.833. The van der Waals surface area contributed by atoms with Crippen LogP contribution in [0.3, 0.4) is 0 Å². The molecule has 0 saturated heterocycles. The minimum Gasteiger partial charge on any atom is -0.377 e. The summed E-state index contributed by atoms with van der Waals surface area (Å²) in [6, 6.07) is 7.55. The molecule has 7 heteroatoms. The molecule has 1 aromatic heterocycles. The van der Waals surface area contributed by atoms with Gasteiger partial charge in [-0.05, 0) is 31.0 Å². The third-order valence-electron chi connectivity index (χ3n) is 4.40. The van der Waals surface area contributed by atoms with Crippen LogP contribution in [0.4, 0.5) is 0 Å². The van der Waals surface area contributed by atoms with Gasteiger partial charge in [-0.25, -0.2) is 0 Å². The van der Waals surface area contributed by atoms with E-state index >= 15 is 0 Å². The van der Waals surface area contributed by atoms with E-state index in [1.165, 1.54) is 0 Å². The molecule has 1 atom stereocenters. The van der Waals surface area contributed by atoms with Crippen LogP contribution in [0.15, 0.2) is 24.3 Å². The Morgan fingerprint density at radius 1 is 1.29 bits per heavy atom. The Morgan fingerprint density at radius 2 is 2.04 bits per heavy atom. The highest BCUT2D eigenvalue weighted by Crippen LogP contribution is 2.25. The van der Waals surface area contributed by atoms with Crippen molar-refractivity contribution in [2.24, 2.45) is 0 Å². The van der Waals surface area contributed by atoms with Crippen molar-refractivity contribution in [2.45, 2.75) is 39.0 Å². The van der Waals surface area contributed by atoms with Crippen LogP contribution in [0.5, 0.6) is 0 Å². The van der Waals surface area contributed by atoms with E-state index < -0.39 is 0 Å². The second-order valence-electron chi connectivity index (χ2n) is 5.95. The van der Waals surface area contributed by atoms with E-state index in [1.54, 1.807) is 7.11 Å². The molecule has 0 aliphatic carbocycles. The number of aromatic nitrogens is 3. The van der Waals surface area contributed by atoms with E-state index in [0.29, 0.717) is 37.6 Å². The van der Waals surface area contributed by atoms with Crippen molar-refractivity contribution < 1.29 is 9.53 Å². The van der Waals surface area contributed by atoms with E-state index in [0.717, 1.165) is 17.2 Å². The Bertz CT molecular complexity index is 714. The third-order valence-corrected chi connectivity index (χ3v) is 4.65. The Labute approximate surface area is 146 Å². The molecule has 0 N–H and O–H groups in total. The fourth-order valence-electron chi connectivity index (χ4n) is 3.07. The number of fused-ring (bicyclic) bond motifs is 1. The number of amides is 1. The number of benzene rings is 1. The summed E-state index contributed by atoms with van der Waals surface area (Å²) in [7, 11) is 1.64. The van der Waals surface area contributed by atoms with Crippen LogP contribution < -0.4 is 0 Å². The minimum atomic E-state index is -0.0745. The minimum absolute atomic E-state index is 0.0745. The first-order valence-corrected chi connectivity index (χ1v) is 8.42. The zero-order valence-electron chi connectivity index (χ0n) is 13.9. The molecule has 1 aromatic carbocycles. The van der Waals surface area contributed by atoms with Crippen molar-refractivity contribution >= 4 is 17.5 Å². The molecule has 2 aromatic rings. The molecule has 0 saturated carbocycles. The highest BCUT2D eigenvalue weighted by atomic mass is 35.5. The molecule has 1 amide bonds. The molecule has 0 radical (unpaired) electrons. The highest BCUT2D eigenvalue weighted by molar-refractivity contribution is 6.30. The van der Waals surface area contributed by atoms with Gasteiger partial charge >= 0.3 is 0 Å². The number of carbonyl (C=O) groups excluding carboxylic acids is 1. The van der Waals surface area contributed by atoms with Crippen LogP contribution in [0.25, 0.3) is 0 Å². The van der Waals surface area contributed by atoms with E-state index in [9.17, 15) is 4.79 Å². The number of rotatable bonds is 5. The number of carbonyl (C=O) groups is 1. The van der Waals surface area contributed by atoms with Crippen molar-refractivity contribution in [1.29, 1.82) is 0 Å². The number of hydrogen-bond donors (Lipinski definition) is 0. The molecule has 128 valence electrons. The average molecular weight is 349 g/mol. The molecule has 0 spiro atoms. The molecule has 24 heavy (non-hydrogen) atoms. The van der Waals surface area contributed by atoms with Crippen molar-refractivity contribution in [2.75, 3.05) is 13.7 Å². The van der Waals surface area contributed by atoms with E-state index in [-0.39, 0.29) is 11.9 Å². The molecule has 0 fully saturated rings. The van der Waals surface area contributed by atoms with Gasteiger partial charge in [0.15, 0.2) is 11.6 Å². The first-order valence-electron chi connectivity index (χ1n) is 8.05. The predicted molar refractivity (Wildman–Crippen MR) is 90.6 cm³/mol. The van der Waals surface area contributed by atoms with Gasteiger partial charge in [0.05, 0.1) is 6.04 Å². The molecular formula is C17H21ClN4O2. The van der Waals surface area contributed by atoms with Gasteiger partial charge in [0.25, 0.3) is 0 Å². The number of nitrogens with zero attached hydrogens (tertiary/aromatic N) is 4. The van der Waals surface area contributed by atoms with Crippen molar-refractivity contribution in [3.63, 3.8) is 0 Å². The maximum Gasteiger partial charge on any atom is 0.223 e. The van der Waals surface area contributed by atoms with Crippen LogP contribution >= 0.6 is 11.6 Å². The first kappa shape index (κ1) is 16.9. The number of ether oxygens (including phenoxy) is 1. The van der Waals surface area contributed by atoms with Gasteiger partial charge in [0.1, 0.15) is 6.61 Å². The lowest BCUT2D eigenvalue weighted by Crippen LogP contribution is -2.41. The zero-order valence-corrected chi connectivity index (χ0v) is 14.7. The summed E-state index contributed by atoms with van der Waals surface area (Å²) in [5, 5.41) is 9.12. The SMILES string of the molecule is COCc1nnc2n1CCN(C(=O)CCc1ccc(Cl)cc1)[C@H]2C. The average Bonchev–Trinajstić information content (AvgIpc) is 2.99. The smallest absolute Gasteiger partial charge is 0.223 e. The standard InChI is InChI=1S/C17H21ClN4O2/c1-12-17-20-19-15(11-24-2)22(17)10-9-21(12)16(23)8-5-13-3-6-14(18)7-4-13/h3-4,6-7,12H,5,8-11H2,1-2H3/t12-/m0/s1. The lowest BCUT2D eigenvalue weighted by atomic mass is 10.1. The lowest BCUT2D eigenvalue weighted by Gasteiger charge is -2.33. The molecule has 0 bridgehead atoms. The van der Waals surface area contributed by atoms with Crippen LogP contribution in [-0.2, 0) is 29.1 Å². The molecule has 1 aliphatic rings. The van der Waals surface area contributed by atoms with Gasteiger partial charge in [0.2, 0.25) is 5.91 Å². The largest absolute Gasteiger partial charge is 0.377 e. The number of aryl methyl sites for hydroxylation is 1. The van der Waals surface area contributed by atoms with Gasteiger partial charge in [-0.1, -0.05) is 23.7 Å². The Kier molecular flexibility index (Phi) is 5.16. The summed E-state index contributed by atoms with van der Waals surface area (Å²) in [5.74, 6) is 1.78. The maximum atomic E-state index is 12.6. The van der Waals surface area contributed by atoms with E-state index in [1.807, 2.05) is 36.1 Å². The second-order valence-corrected chi connectivity index (χ2v) is 6.39. The normalized spacial score (nSPS) is 17.0. The van der Waals surface area contributed by atoms with Gasteiger partial charge in [-0.2, -0.15) is 0 Å². The molecule has 1 aliphatic heterocycles. The Hall–Kier alpha value is -1.92. The Morgan fingerprint density at radius 3 is 2.75 bits per heavy atom. The van der Waals surface area contributed by atoms with Gasteiger partial charge < -0.3 is 14.2 Å². The summed E-state index contributed by atoms with van der Waals surface area (Å²) >= 11 is 5.89. The van der Waals surface area contributed by atoms with Gasteiger partial charge in [-0.3, -0.25) is 4.79 Å². The van der Waals surface area contributed by atoms with Crippen molar-refractivity contribution in [1.82, 2.24) is 19.7 Å². The van der Waals surface area contributed by atoms with Gasteiger partial charge in [0, 0.05) is 31.6 Å². The van der Waals surface area contributed by atoms with Gasteiger partial charge in [-0.15, -0.1) is 10.2 Å². The zero-order chi connectivity index (χ0) is 17.1. The monoisotopic (exact) mass is 348 g/mol. The summed E-state index contributed by atoms with van der Waals surface area (Å²) in [6.07, 6.45) is 1.19. The molecule has 2 heterocycles. The molecule has 6 nitrogen and oxygen atoms in total. The Balaban J connectivity index is 1.64. The molecular weight excluding hydrogens is 328 g/mol.